The minimum atomic E-state index is -3.56. The van der Waals surface area contributed by atoms with Crippen LogP contribution in [0, 0.1) is 12.8 Å². The zero-order valence-corrected chi connectivity index (χ0v) is 16.2. The zero-order valence-electron chi connectivity index (χ0n) is 14.5. The van der Waals surface area contributed by atoms with Crippen LogP contribution in [0.3, 0.4) is 0 Å². The van der Waals surface area contributed by atoms with Crippen LogP contribution in [0.2, 0.25) is 0 Å². The smallest absolute Gasteiger partial charge is 0.265 e. The van der Waals surface area contributed by atoms with Crippen molar-refractivity contribution in [3.05, 3.63) is 45.1 Å². The maximum atomic E-state index is 12.6. The van der Waals surface area contributed by atoms with Gasteiger partial charge in [0.1, 0.15) is 0 Å². The van der Waals surface area contributed by atoms with Gasteiger partial charge in [0.25, 0.3) is 5.91 Å². The van der Waals surface area contributed by atoms with E-state index in [1.807, 2.05) is 6.07 Å². The van der Waals surface area contributed by atoms with Crippen LogP contribution in [-0.2, 0) is 22.9 Å². The Hall–Kier alpha value is -1.70. The van der Waals surface area contributed by atoms with Crippen LogP contribution < -0.4 is 10.0 Å². The number of aryl methyl sites for hydroxylation is 2. The third-order valence-corrected chi connectivity index (χ3v) is 7.35. The number of carbonyl (C=O) groups excluding carboxylic acids is 1. The van der Waals surface area contributed by atoms with Crippen LogP contribution >= 0.6 is 11.3 Å². The van der Waals surface area contributed by atoms with E-state index >= 15 is 0 Å². The Kier molecular flexibility index (Phi) is 4.99. The number of nitrogens with one attached hydrogen (secondary N) is 2. The van der Waals surface area contributed by atoms with Crippen molar-refractivity contribution in [1.29, 1.82) is 0 Å². The second kappa shape index (κ2) is 6.90. The lowest BCUT2D eigenvalue weighted by molar-refractivity contribution is 0.103. The molecule has 3 rings (SSSR count). The van der Waals surface area contributed by atoms with Gasteiger partial charge in [-0.1, -0.05) is 13.0 Å². The molecule has 7 heteroatoms. The Bertz CT molecular complexity index is 916. The number of anilines is 1. The molecule has 1 heterocycles. The Morgan fingerprint density at radius 2 is 2.04 bits per heavy atom. The summed E-state index contributed by atoms with van der Waals surface area (Å²) in [6.07, 6.45) is 3.22. The fourth-order valence-electron chi connectivity index (χ4n) is 3.09. The van der Waals surface area contributed by atoms with Gasteiger partial charge in [-0.2, -0.15) is 0 Å². The Balaban J connectivity index is 1.83. The van der Waals surface area contributed by atoms with E-state index in [1.54, 1.807) is 19.1 Å². The highest BCUT2D eigenvalue weighted by Crippen LogP contribution is 2.32. The van der Waals surface area contributed by atoms with Crippen molar-refractivity contribution in [2.75, 3.05) is 12.4 Å². The minimum Gasteiger partial charge on any atom is -0.321 e. The lowest BCUT2D eigenvalue weighted by Crippen LogP contribution is -2.20. The van der Waals surface area contributed by atoms with E-state index in [1.165, 1.54) is 34.9 Å². The number of carbonyl (C=O) groups is 1. The van der Waals surface area contributed by atoms with Crippen molar-refractivity contribution in [2.45, 2.75) is 38.0 Å². The van der Waals surface area contributed by atoms with Crippen LogP contribution in [0.1, 0.15) is 39.0 Å². The molecule has 0 saturated carbocycles. The summed E-state index contributed by atoms with van der Waals surface area (Å²) in [6.45, 7) is 3.96. The van der Waals surface area contributed by atoms with Gasteiger partial charge in [0.15, 0.2) is 0 Å². The van der Waals surface area contributed by atoms with Crippen molar-refractivity contribution in [3.63, 3.8) is 0 Å². The molecule has 1 aliphatic rings. The largest absolute Gasteiger partial charge is 0.321 e. The summed E-state index contributed by atoms with van der Waals surface area (Å²) in [6, 6.07) is 6.89. The van der Waals surface area contributed by atoms with Crippen molar-refractivity contribution in [2.24, 2.45) is 5.92 Å². The molecule has 2 aromatic rings. The van der Waals surface area contributed by atoms with Gasteiger partial charge in [-0.25, -0.2) is 13.1 Å². The molecule has 1 aromatic carbocycles. The minimum absolute atomic E-state index is 0.173. The highest BCUT2D eigenvalue weighted by atomic mass is 32.2. The summed E-state index contributed by atoms with van der Waals surface area (Å²) >= 11 is 1.54. The van der Waals surface area contributed by atoms with Crippen LogP contribution in [0.5, 0.6) is 0 Å². The number of benzene rings is 1. The number of thiophene rings is 1. The maximum Gasteiger partial charge on any atom is 0.265 e. The third-order valence-electron chi connectivity index (χ3n) is 4.56. The summed E-state index contributed by atoms with van der Waals surface area (Å²) in [5.41, 5.74) is 2.38. The van der Waals surface area contributed by atoms with E-state index in [-0.39, 0.29) is 10.8 Å². The van der Waals surface area contributed by atoms with E-state index in [2.05, 4.69) is 17.0 Å². The van der Waals surface area contributed by atoms with Gasteiger partial charge in [0.2, 0.25) is 10.0 Å². The lowest BCUT2D eigenvalue weighted by atomic mass is 9.90. The van der Waals surface area contributed by atoms with E-state index in [0.717, 1.165) is 19.3 Å². The molecule has 25 heavy (non-hydrogen) atoms. The maximum absolute atomic E-state index is 12.6. The standard InChI is InChI=1S/C18H22N2O3S2/c1-11-4-7-15-13(8-11)9-16(24-15)18(21)20-14-6-5-12(2)17(10-14)25(22,23)19-3/h5-6,9-11,19H,4,7-8H2,1-3H3,(H,20,21)/t11-/m0/s1. The van der Waals surface area contributed by atoms with Crippen molar-refractivity contribution >= 4 is 33.0 Å². The van der Waals surface area contributed by atoms with Crippen LogP contribution in [-0.4, -0.2) is 21.4 Å². The average molecular weight is 379 g/mol. The van der Waals surface area contributed by atoms with Crippen LogP contribution in [0.4, 0.5) is 5.69 Å². The molecule has 0 saturated heterocycles. The SMILES string of the molecule is CNS(=O)(=O)c1cc(NC(=O)c2cc3c(s2)CC[C@H](C)C3)ccc1C. The molecule has 0 aliphatic heterocycles. The molecule has 1 atom stereocenters. The number of fused-ring (bicyclic) bond motifs is 1. The molecular formula is C18H22N2O3S2. The quantitative estimate of drug-likeness (QED) is 0.857. The summed E-state index contributed by atoms with van der Waals surface area (Å²) in [5, 5.41) is 2.82. The molecule has 2 N–H and O–H groups in total. The topological polar surface area (TPSA) is 75.3 Å². The first-order chi connectivity index (χ1) is 11.8. The van der Waals surface area contributed by atoms with E-state index in [9.17, 15) is 13.2 Å². The Morgan fingerprint density at radius 1 is 1.28 bits per heavy atom. The molecule has 5 nitrogen and oxygen atoms in total. The number of hydrogen-bond acceptors (Lipinski definition) is 4. The normalized spacial score (nSPS) is 17.2. The van der Waals surface area contributed by atoms with Crippen molar-refractivity contribution in [1.82, 2.24) is 4.72 Å². The Morgan fingerprint density at radius 3 is 2.76 bits per heavy atom. The van der Waals surface area contributed by atoms with Gasteiger partial charge in [-0.3, -0.25) is 4.79 Å². The van der Waals surface area contributed by atoms with Gasteiger partial charge in [0, 0.05) is 10.6 Å². The fraction of sp³-hybridized carbons (Fsp3) is 0.389. The van der Waals surface area contributed by atoms with E-state index in [4.69, 9.17) is 0 Å². The Labute approximate surface area is 152 Å². The first-order valence-electron chi connectivity index (χ1n) is 8.27. The molecule has 0 spiro atoms. The van der Waals surface area contributed by atoms with Crippen LogP contribution in [0.15, 0.2) is 29.2 Å². The van der Waals surface area contributed by atoms with Gasteiger partial charge in [-0.05, 0) is 68.5 Å². The number of rotatable bonds is 4. The molecule has 1 aliphatic carbocycles. The van der Waals surface area contributed by atoms with Crippen molar-refractivity contribution < 1.29 is 13.2 Å². The molecule has 0 fully saturated rings. The highest BCUT2D eigenvalue weighted by molar-refractivity contribution is 7.89. The van der Waals surface area contributed by atoms with E-state index < -0.39 is 10.0 Å². The third kappa shape index (κ3) is 3.78. The molecule has 0 unspecified atom stereocenters. The zero-order chi connectivity index (χ0) is 18.2. The second-order valence-corrected chi connectivity index (χ2v) is 9.54. The van der Waals surface area contributed by atoms with Crippen molar-refractivity contribution in [3.8, 4) is 0 Å². The molecule has 1 aromatic heterocycles. The number of amides is 1. The van der Waals surface area contributed by atoms with Gasteiger partial charge in [0.05, 0.1) is 9.77 Å². The predicted octanol–water partition coefficient (Wildman–Crippen LogP) is 3.34. The van der Waals surface area contributed by atoms with E-state index in [0.29, 0.717) is 22.0 Å². The first kappa shape index (κ1) is 18.1. The monoisotopic (exact) mass is 378 g/mol. The molecule has 0 radical (unpaired) electrons. The highest BCUT2D eigenvalue weighted by Gasteiger charge is 2.21. The molecule has 0 bridgehead atoms. The molecular weight excluding hydrogens is 356 g/mol. The number of hydrogen-bond donors (Lipinski definition) is 2. The fourth-order valence-corrected chi connectivity index (χ4v) is 5.19. The summed E-state index contributed by atoms with van der Waals surface area (Å²) in [4.78, 5) is 14.7. The second-order valence-electron chi connectivity index (χ2n) is 6.55. The predicted molar refractivity (Wildman–Crippen MR) is 101 cm³/mol. The first-order valence-corrected chi connectivity index (χ1v) is 10.6. The molecule has 134 valence electrons. The van der Waals surface area contributed by atoms with Crippen LogP contribution in [0.25, 0.3) is 0 Å². The van der Waals surface area contributed by atoms with Gasteiger partial charge >= 0.3 is 0 Å². The van der Waals surface area contributed by atoms with Gasteiger partial charge < -0.3 is 5.32 Å². The number of sulfonamides is 1. The lowest BCUT2D eigenvalue weighted by Gasteiger charge is -2.16. The average Bonchev–Trinajstić information content (AvgIpc) is 2.99. The summed E-state index contributed by atoms with van der Waals surface area (Å²) < 4.78 is 26.5. The summed E-state index contributed by atoms with van der Waals surface area (Å²) in [5.74, 6) is 0.466. The summed E-state index contributed by atoms with van der Waals surface area (Å²) in [7, 11) is -2.19. The molecule has 1 amide bonds. The van der Waals surface area contributed by atoms with Gasteiger partial charge in [-0.15, -0.1) is 11.3 Å².